The van der Waals surface area contributed by atoms with E-state index < -0.39 is 29.9 Å². The number of benzene rings is 1. The number of para-hydroxylation sites is 1. The molecule has 0 saturated heterocycles. The van der Waals surface area contributed by atoms with Crippen LogP contribution in [0.15, 0.2) is 47.1 Å². The number of aliphatic hydroxyl groups excluding tert-OH is 1. The first-order chi connectivity index (χ1) is 11.3. The van der Waals surface area contributed by atoms with E-state index in [1.807, 2.05) is 0 Å². The number of hydrogen-bond acceptors (Lipinski definition) is 3. The van der Waals surface area contributed by atoms with E-state index in [2.05, 4.69) is 10.6 Å². The maximum Gasteiger partial charge on any atom is 0.418 e. The van der Waals surface area contributed by atoms with Gasteiger partial charge in [0.25, 0.3) is 0 Å². The van der Waals surface area contributed by atoms with E-state index in [1.165, 1.54) is 24.5 Å². The molecule has 24 heavy (non-hydrogen) atoms. The third kappa shape index (κ3) is 4.76. The van der Waals surface area contributed by atoms with Gasteiger partial charge in [-0.05, 0) is 31.2 Å². The first kappa shape index (κ1) is 17.9. The van der Waals surface area contributed by atoms with Crippen LogP contribution in [0.4, 0.5) is 23.7 Å². The molecule has 2 rings (SSSR count). The van der Waals surface area contributed by atoms with Crippen LogP contribution < -0.4 is 10.6 Å². The minimum absolute atomic E-state index is 0.155. The Balaban J connectivity index is 1.94. The zero-order chi connectivity index (χ0) is 17.7. The summed E-state index contributed by atoms with van der Waals surface area (Å²) >= 11 is 0. The first-order valence-electron chi connectivity index (χ1n) is 7.22. The van der Waals surface area contributed by atoms with Crippen LogP contribution in [0.1, 0.15) is 30.8 Å². The molecule has 0 bridgehead atoms. The van der Waals surface area contributed by atoms with Crippen LogP contribution in [0.3, 0.4) is 0 Å². The molecule has 0 spiro atoms. The summed E-state index contributed by atoms with van der Waals surface area (Å²) in [6.07, 6.45) is -3.91. The molecule has 2 aromatic rings. The minimum Gasteiger partial charge on any atom is -0.467 e. The summed E-state index contributed by atoms with van der Waals surface area (Å²) in [5.74, 6) is 0.353. The van der Waals surface area contributed by atoms with Gasteiger partial charge in [0, 0.05) is 12.5 Å². The Labute approximate surface area is 136 Å². The van der Waals surface area contributed by atoms with E-state index in [1.54, 1.807) is 19.1 Å². The summed E-state index contributed by atoms with van der Waals surface area (Å²) in [6.45, 7) is 1.63. The topological polar surface area (TPSA) is 74.5 Å². The van der Waals surface area contributed by atoms with Gasteiger partial charge in [0.15, 0.2) is 0 Å². The lowest BCUT2D eigenvalue weighted by atomic mass is 10.1. The van der Waals surface area contributed by atoms with Gasteiger partial charge in [0.2, 0.25) is 0 Å². The average molecular weight is 342 g/mol. The molecule has 0 aliphatic rings. The Morgan fingerprint density at radius 2 is 1.96 bits per heavy atom. The third-order valence-corrected chi connectivity index (χ3v) is 3.31. The van der Waals surface area contributed by atoms with Crippen LogP contribution in [-0.4, -0.2) is 17.2 Å². The molecule has 8 heteroatoms. The lowest BCUT2D eigenvalue weighted by molar-refractivity contribution is -0.136. The van der Waals surface area contributed by atoms with Crippen molar-refractivity contribution in [3.05, 3.63) is 54.0 Å². The third-order valence-electron chi connectivity index (χ3n) is 3.31. The molecule has 1 heterocycles. The van der Waals surface area contributed by atoms with Crippen LogP contribution in [0.2, 0.25) is 0 Å². The highest BCUT2D eigenvalue weighted by Crippen LogP contribution is 2.34. The van der Waals surface area contributed by atoms with Gasteiger partial charge in [-0.3, -0.25) is 0 Å². The van der Waals surface area contributed by atoms with Gasteiger partial charge in [0.1, 0.15) is 11.9 Å². The fourth-order valence-corrected chi connectivity index (χ4v) is 2.21. The molecule has 2 amide bonds. The molecule has 0 aliphatic heterocycles. The van der Waals surface area contributed by atoms with Crippen molar-refractivity contribution >= 4 is 11.7 Å². The maximum absolute atomic E-state index is 12.9. The predicted molar refractivity (Wildman–Crippen MR) is 81.3 cm³/mol. The first-order valence-corrected chi connectivity index (χ1v) is 7.22. The Hall–Kier alpha value is -2.48. The van der Waals surface area contributed by atoms with Gasteiger partial charge in [0.05, 0.1) is 17.5 Å². The number of alkyl halides is 3. The number of amides is 2. The number of anilines is 1. The molecule has 1 aromatic heterocycles. The number of halogens is 3. The number of nitrogens with one attached hydrogen (secondary N) is 2. The fraction of sp³-hybridized carbons (Fsp3) is 0.312. The molecule has 1 aromatic carbocycles. The predicted octanol–water partition coefficient (Wildman–Crippen LogP) is 3.93. The van der Waals surface area contributed by atoms with Gasteiger partial charge in [-0.2, -0.15) is 13.2 Å². The minimum atomic E-state index is -4.56. The summed E-state index contributed by atoms with van der Waals surface area (Å²) in [4.78, 5) is 11.9. The van der Waals surface area contributed by atoms with Gasteiger partial charge < -0.3 is 20.2 Å². The Bertz CT molecular complexity index is 671. The zero-order valence-corrected chi connectivity index (χ0v) is 12.8. The van der Waals surface area contributed by atoms with E-state index in [4.69, 9.17) is 4.42 Å². The Morgan fingerprint density at radius 1 is 1.25 bits per heavy atom. The van der Waals surface area contributed by atoms with Crippen LogP contribution in [0.5, 0.6) is 0 Å². The number of carbonyl (C=O) groups is 1. The van der Waals surface area contributed by atoms with E-state index in [0.29, 0.717) is 5.76 Å². The average Bonchev–Trinajstić information content (AvgIpc) is 3.00. The molecule has 3 N–H and O–H groups in total. The SMILES string of the molecule is CC(CC(O)c1ccco1)NC(=O)Nc1ccccc1C(F)(F)F. The van der Waals surface area contributed by atoms with Gasteiger partial charge in [-0.15, -0.1) is 0 Å². The second kappa shape index (κ2) is 7.39. The van der Waals surface area contributed by atoms with Crippen molar-refractivity contribution in [2.45, 2.75) is 31.7 Å². The smallest absolute Gasteiger partial charge is 0.418 e. The van der Waals surface area contributed by atoms with Crippen molar-refractivity contribution in [3.8, 4) is 0 Å². The largest absolute Gasteiger partial charge is 0.467 e. The molecule has 0 saturated carbocycles. The molecule has 0 fully saturated rings. The summed E-state index contributed by atoms with van der Waals surface area (Å²) in [7, 11) is 0. The van der Waals surface area contributed by atoms with Gasteiger partial charge >= 0.3 is 12.2 Å². The standard InChI is InChI=1S/C16H17F3N2O3/c1-10(9-13(22)14-7-4-8-24-14)20-15(23)21-12-6-3-2-5-11(12)16(17,18)19/h2-8,10,13,22H,9H2,1H3,(H2,20,21,23). The van der Waals surface area contributed by atoms with E-state index in [0.717, 1.165) is 6.07 Å². The Kier molecular flexibility index (Phi) is 5.50. The summed E-state index contributed by atoms with van der Waals surface area (Å²) < 4.78 is 43.7. The summed E-state index contributed by atoms with van der Waals surface area (Å²) in [5.41, 5.74) is -1.26. The van der Waals surface area contributed by atoms with Crippen LogP contribution >= 0.6 is 0 Å². The second-order valence-electron chi connectivity index (χ2n) is 5.31. The highest BCUT2D eigenvalue weighted by atomic mass is 19.4. The monoisotopic (exact) mass is 342 g/mol. The van der Waals surface area contributed by atoms with Crippen molar-refractivity contribution in [2.24, 2.45) is 0 Å². The molecule has 0 aliphatic carbocycles. The highest BCUT2D eigenvalue weighted by molar-refractivity contribution is 5.90. The molecule has 2 unspecified atom stereocenters. The number of hydrogen-bond donors (Lipinski definition) is 3. The molecular formula is C16H17F3N2O3. The highest BCUT2D eigenvalue weighted by Gasteiger charge is 2.33. The summed E-state index contributed by atoms with van der Waals surface area (Å²) in [5, 5.41) is 14.6. The number of carbonyl (C=O) groups excluding carboxylic acids is 1. The molecule has 130 valence electrons. The van der Waals surface area contributed by atoms with Crippen molar-refractivity contribution in [3.63, 3.8) is 0 Å². The van der Waals surface area contributed by atoms with Crippen molar-refractivity contribution < 1.29 is 27.5 Å². The number of furan rings is 1. The second-order valence-corrected chi connectivity index (χ2v) is 5.31. The number of aliphatic hydroxyl groups is 1. The number of rotatable bonds is 5. The fourth-order valence-electron chi connectivity index (χ4n) is 2.21. The van der Waals surface area contributed by atoms with Crippen molar-refractivity contribution in [2.75, 3.05) is 5.32 Å². The molecule has 0 radical (unpaired) electrons. The van der Waals surface area contributed by atoms with Crippen LogP contribution in [-0.2, 0) is 6.18 Å². The van der Waals surface area contributed by atoms with Crippen molar-refractivity contribution in [1.82, 2.24) is 5.32 Å². The zero-order valence-electron chi connectivity index (χ0n) is 12.8. The van der Waals surface area contributed by atoms with Crippen LogP contribution in [0.25, 0.3) is 0 Å². The van der Waals surface area contributed by atoms with Crippen molar-refractivity contribution in [1.29, 1.82) is 0 Å². The van der Waals surface area contributed by atoms with Gasteiger partial charge in [-0.1, -0.05) is 12.1 Å². The van der Waals surface area contributed by atoms with E-state index in [-0.39, 0.29) is 12.1 Å². The quantitative estimate of drug-likeness (QED) is 0.771. The van der Waals surface area contributed by atoms with E-state index >= 15 is 0 Å². The lowest BCUT2D eigenvalue weighted by Gasteiger charge is -2.18. The van der Waals surface area contributed by atoms with Gasteiger partial charge in [-0.25, -0.2) is 4.79 Å². The molecule has 2 atom stereocenters. The summed E-state index contributed by atoms with van der Waals surface area (Å²) in [6, 6.07) is 6.65. The molecule has 5 nitrogen and oxygen atoms in total. The molecular weight excluding hydrogens is 325 g/mol. The van der Waals surface area contributed by atoms with E-state index in [9.17, 15) is 23.1 Å². The normalized spacial score (nSPS) is 14.0. The number of urea groups is 1. The lowest BCUT2D eigenvalue weighted by Crippen LogP contribution is -2.37. The van der Waals surface area contributed by atoms with Crippen LogP contribution in [0, 0.1) is 0 Å². The Morgan fingerprint density at radius 3 is 2.58 bits per heavy atom. The maximum atomic E-state index is 12.9.